The zero-order valence-corrected chi connectivity index (χ0v) is 45.0. The lowest BCUT2D eigenvalue weighted by molar-refractivity contribution is -0.137. The minimum atomic E-state index is -1.000. The van der Waals surface area contributed by atoms with Crippen molar-refractivity contribution >= 4 is 51.9 Å². The van der Waals surface area contributed by atoms with E-state index in [0.717, 1.165) is 27.6 Å². The summed E-state index contributed by atoms with van der Waals surface area (Å²) in [5.41, 5.74) is 2.39. The Balaban J connectivity index is 0.993. The molecule has 2 fully saturated rings. The van der Waals surface area contributed by atoms with Gasteiger partial charge in [-0.2, -0.15) is 4.98 Å². The number of aromatic nitrogens is 5. The summed E-state index contributed by atoms with van der Waals surface area (Å²) in [6.45, 7) is 19.5. The van der Waals surface area contributed by atoms with E-state index in [2.05, 4.69) is 31.6 Å². The standard InChI is InChI=1S/C57H65F2N9O7S/c1-10-45(71)66-22-23-67(34(6)30-66)53-40-27-42(59)48(64-54(40)68(56(74)65-53)49-32(4)20-21-60-47(49)31(2)3)46-41(58)13-11-14-43(46)75-24-12-15-44(70)63-52(57(7,8)9)50(72)38-25-37(69)26-39(38)55(73)61-29-35-16-18-36(19-17-35)51-33(5)28-62-76-51/h10-11,13-14,16-21,27-28,31,34,37-39,52,69H,1,12,15,22-26,29-30H2,2-9H3,(H,61,73)(H,63,70)/t34-,37-,38?,39+,52+/m0/s1. The van der Waals surface area contributed by atoms with Crippen LogP contribution in [0.15, 0.2) is 84.4 Å². The van der Waals surface area contributed by atoms with E-state index < -0.39 is 58.3 Å². The van der Waals surface area contributed by atoms with Gasteiger partial charge in [0.25, 0.3) is 0 Å². The van der Waals surface area contributed by atoms with E-state index in [4.69, 9.17) is 9.72 Å². The van der Waals surface area contributed by atoms with Crippen LogP contribution in [0, 0.1) is 42.7 Å². The predicted molar refractivity (Wildman–Crippen MR) is 288 cm³/mol. The lowest BCUT2D eigenvalue weighted by atomic mass is 9.77. The molecule has 1 saturated carbocycles. The third kappa shape index (κ3) is 11.6. The van der Waals surface area contributed by atoms with Crippen LogP contribution < -0.4 is 26.0 Å². The van der Waals surface area contributed by atoms with Crippen LogP contribution >= 0.6 is 11.5 Å². The highest BCUT2D eigenvalue weighted by molar-refractivity contribution is 7.09. The largest absolute Gasteiger partial charge is 0.493 e. The summed E-state index contributed by atoms with van der Waals surface area (Å²) in [4.78, 5) is 87.1. The third-order valence-corrected chi connectivity index (χ3v) is 15.2. The molecule has 1 aliphatic heterocycles. The smallest absolute Gasteiger partial charge is 0.355 e. The van der Waals surface area contributed by atoms with Crippen LogP contribution in [-0.4, -0.2) is 102 Å². The molecule has 5 heterocycles. The highest BCUT2D eigenvalue weighted by atomic mass is 32.1. The molecule has 3 amide bonds. The van der Waals surface area contributed by atoms with Gasteiger partial charge in [0.1, 0.15) is 23.1 Å². The SMILES string of the molecule is C=CC(=O)N1CCN(c2nc(=O)n(-c3c(C)ccnc3C(C)C)c3nc(-c4c(F)cccc4OCCCC(=O)N[C@H](C(=O)C4C[C@H](O)C[C@H]4C(=O)NCc4ccc(-c5sncc5C)cc4)C(C)(C)C)c(F)cc23)[C@@H](C)C1. The lowest BCUT2D eigenvalue weighted by Gasteiger charge is -2.40. The Hall–Kier alpha value is -7.25. The maximum atomic E-state index is 16.9. The van der Waals surface area contributed by atoms with E-state index >= 15 is 8.78 Å². The molecule has 76 heavy (non-hydrogen) atoms. The molecule has 3 N–H and O–H groups in total. The fourth-order valence-electron chi connectivity index (χ4n) is 10.3. The average molecular weight is 1060 g/mol. The number of aliphatic hydroxyl groups is 1. The van der Waals surface area contributed by atoms with Gasteiger partial charge in [0, 0.05) is 57.0 Å². The van der Waals surface area contributed by atoms with Crippen LogP contribution in [0.4, 0.5) is 14.6 Å². The van der Waals surface area contributed by atoms with Gasteiger partial charge in [-0.15, -0.1) is 0 Å². The second-order valence-corrected chi connectivity index (χ2v) is 22.0. The quantitative estimate of drug-likeness (QED) is 0.0585. The van der Waals surface area contributed by atoms with E-state index in [9.17, 15) is 29.1 Å². The number of nitrogens with zero attached hydrogens (tertiary/aromatic N) is 7. The summed E-state index contributed by atoms with van der Waals surface area (Å²) in [5, 5.41) is 16.8. The molecule has 0 bridgehead atoms. The second-order valence-electron chi connectivity index (χ2n) is 21.2. The highest BCUT2D eigenvalue weighted by Crippen LogP contribution is 2.39. The number of fused-ring (bicyclic) bond motifs is 1. The van der Waals surface area contributed by atoms with Gasteiger partial charge in [-0.1, -0.05) is 71.5 Å². The zero-order valence-electron chi connectivity index (χ0n) is 44.2. The predicted octanol–water partition coefficient (Wildman–Crippen LogP) is 8.17. The van der Waals surface area contributed by atoms with Crippen molar-refractivity contribution in [3.63, 3.8) is 0 Å². The van der Waals surface area contributed by atoms with Crippen LogP contribution in [-0.2, 0) is 25.7 Å². The van der Waals surface area contributed by atoms with Gasteiger partial charge in [0.05, 0.1) is 51.9 Å². The van der Waals surface area contributed by atoms with Gasteiger partial charge in [-0.25, -0.2) is 27.5 Å². The normalized spacial score (nSPS) is 18.2. The number of aliphatic hydroxyl groups excluding tert-OH is 1. The summed E-state index contributed by atoms with van der Waals surface area (Å²) in [7, 11) is 0. The topological polar surface area (TPSA) is 202 Å². The molecule has 1 unspecified atom stereocenters. The first-order chi connectivity index (χ1) is 36.2. The zero-order chi connectivity index (χ0) is 54.7. The summed E-state index contributed by atoms with van der Waals surface area (Å²) in [6, 6.07) is 13.4. The maximum Gasteiger partial charge on any atom is 0.355 e. The fourth-order valence-corrected chi connectivity index (χ4v) is 11.1. The molecule has 8 rings (SSSR count). The van der Waals surface area contributed by atoms with Gasteiger partial charge in [-0.05, 0) is 115 Å². The molecule has 0 spiro atoms. The number of ether oxygens (including phenoxy) is 1. The van der Waals surface area contributed by atoms with Crippen molar-refractivity contribution in [3.05, 3.63) is 124 Å². The summed E-state index contributed by atoms with van der Waals surface area (Å²) >= 11 is 1.41. The van der Waals surface area contributed by atoms with Crippen molar-refractivity contribution in [1.29, 1.82) is 0 Å². The third-order valence-electron chi connectivity index (χ3n) is 14.3. The molecule has 6 aromatic rings. The minimum absolute atomic E-state index is 0.00163. The van der Waals surface area contributed by atoms with Gasteiger partial charge in [0.15, 0.2) is 17.2 Å². The average Bonchev–Trinajstić information content (AvgIpc) is 4.04. The van der Waals surface area contributed by atoms with Crippen molar-refractivity contribution < 1.29 is 37.8 Å². The number of carbonyl (C=O) groups is 4. The number of halogens is 2. The Labute approximate surface area is 444 Å². The highest BCUT2D eigenvalue weighted by Gasteiger charge is 2.47. The van der Waals surface area contributed by atoms with E-state index in [1.807, 2.05) is 90.8 Å². The second kappa shape index (κ2) is 22.9. The van der Waals surface area contributed by atoms with E-state index in [-0.39, 0.29) is 110 Å². The molecular weight excluding hydrogens is 993 g/mol. The van der Waals surface area contributed by atoms with E-state index in [0.29, 0.717) is 23.5 Å². The van der Waals surface area contributed by atoms with Gasteiger partial charge < -0.3 is 30.3 Å². The van der Waals surface area contributed by atoms with Crippen molar-refractivity contribution in [2.45, 2.75) is 112 Å². The number of rotatable bonds is 17. The number of piperazine rings is 1. The van der Waals surface area contributed by atoms with Crippen LogP contribution in [0.25, 0.3) is 38.4 Å². The number of pyridine rings is 2. The summed E-state index contributed by atoms with van der Waals surface area (Å²) < 4.78 is 44.7. The molecule has 16 nitrogen and oxygen atoms in total. The Bertz CT molecular complexity index is 3250. The van der Waals surface area contributed by atoms with Crippen molar-refractivity contribution in [1.82, 2.24) is 39.4 Å². The molecular formula is C57H65F2N9O7S. The molecule has 0 radical (unpaired) electrons. The van der Waals surface area contributed by atoms with Crippen LogP contribution in [0.1, 0.15) is 95.5 Å². The number of benzene rings is 2. The Morgan fingerprint density at radius 1 is 0.987 bits per heavy atom. The van der Waals surface area contributed by atoms with Crippen molar-refractivity contribution in [2.75, 3.05) is 31.1 Å². The van der Waals surface area contributed by atoms with Gasteiger partial charge >= 0.3 is 5.69 Å². The monoisotopic (exact) mass is 1060 g/mol. The van der Waals surface area contributed by atoms with Crippen molar-refractivity contribution in [3.8, 4) is 33.1 Å². The number of anilines is 1. The lowest BCUT2D eigenvalue weighted by Crippen LogP contribution is -2.54. The van der Waals surface area contributed by atoms with E-state index in [1.165, 1.54) is 40.4 Å². The molecule has 5 atom stereocenters. The van der Waals surface area contributed by atoms with Gasteiger partial charge in [0.2, 0.25) is 17.7 Å². The number of aryl methyl sites for hydroxylation is 2. The number of nitrogens with one attached hydrogen (secondary N) is 2. The summed E-state index contributed by atoms with van der Waals surface area (Å²) in [6.07, 6.45) is 4.00. The maximum absolute atomic E-state index is 16.9. The number of hydrogen-bond donors (Lipinski definition) is 3. The number of amides is 3. The Morgan fingerprint density at radius 3 is 2.39 bits per heavy atom. The number of Topliss-reactive ketones (excluding diaryl/α,β-unsaturated/α-hetero) is 1. The van der Waals surface area contributed by atoms with E-state index in [1.54, 1.807) is 17.2 Å². The molecule has 4 aromatic heterocycles. The van der Waals surface area contributed by atoms with Crippen molar-refractivity contribution in [2.24, 2.45) is 17.3 Å². The minimum Gasteiger partial charge on any atom is -0.493 e. The molecule has 2 aromatic carbocycles. The Kier molecular flexibility index (Phi) is 16.6. The van der Waals surface area contributed by atoms with Crippen LogP contribution in [0.2, 0.25) is 0 Å². The molecule has 19 heteroatoms. The molecule has 1 aliphatic carbocycles. The summed E-state index contributed by atoms with van der Waals surface area (Å²) in [5.74, 6) is -4.90. The van der Waals surface area contributed by atoms with Crippen LogP contribution in [0.5, 0.6) is 5.75 Å². The number of ketones is 1. The Morgan fingerprint density at radius 2 is 1.72 bits per heavy atom. The first kappa shape index (κ1) is 55.0. The first-order valence-corrected chi connectivity index (χ1v) is 26.4. The van der Waals surface area contributed by atoms with Gasteiger partial charge in [-0.3, -0.25) is 24.2 Å². The molecule has 1 saturated heterocycles. The first-order valence-electron chi connectivity index (χ1n) is 25.6. The van der Waals surface area contributed by atoms with Crippen LogP contribution in [0.3, 0.4) is 0 Å². The number of hydrogen-bond acceptors (Lipinski definition) is 13. The number of carbonyl (C=O) groups excluding carboxylic acids is 4. The molecule has 400 valence electrons. The fraction of sp³-hybridized carbons (Fsp3) is 0.421. The molecule has 2 aliphatic rings.